The van der Waals surface area contributed by atoms with Gasteiger partial charge in [-0.3, -0.25) is 10.1 Å². The highest BCUT2D eigenvalue weighted by molar-refractivity contribution is 7.14. The lowest BCUT2D eigenvalue weighted by atomic mass is 10.2. The highest BCUT2D eigenvalue weighted by atomic mass is 35.5. The van der Waals surface area contributed by atoms with E-state index < -0.39 is 0 Å². The second-order valence-electron chi connectivity index (χ2n) is 7.42. The number of hydrogen-bond acceptors (Lipinski definition) is 6. The number of thiazole rings is 1. The van der Waals surface area contributed by atoms with Crippen molar-refractivity contribution in [1.82, 2.24) is 4.98 Å². The summed E-state index contributed by atoms with van der Waals surface area (Å²) in [5.41, 5.74) is 3.48. The van der Waals surface area contributed by atoms with Crippen molar-refractivity contribution in [3.63, 3.8) is 0 Å². The minimum absolute atomic E-state index is 0.279. The number of amides is 1. The van der Waals surface area contributed by atoms with Crippen LogP contribution in [0.2, 0.25) is 5.02 Å². The van der Waals surface area contributed by atoms with Crippen LogP contribution in [-0.4, -0.2) is 25.1 Å². The van der Waals surface area contributed by atoms with E-state index in [2.05, 4.69) is 10.3 Å². The Morgan fingerprint density at radius 1 is 1.03 bits per heavy atom. The number of anilines is 1. The Balaban J connectivity index is 1.37. The van der Waals surface area contributed by atoms with Crippen LogP contribution in [0.25, 0.3) is 17.3 Å². The lowest BCUT2D eigenvalue weighted by Crippen LogP contribution is -2.07. The zero-order chi connectivity index (χ0) is 24.6. The van der Waals surface area contributed by atoms with Crippen molar-refractivity contribution < 1.29 is 19.0 Å². The quantitative estimate of drug-likeness (QED) is 0.255. The summed E-state index contributed by atoms with van der Waals surface area (Å²) in [5, 5.41) is 5.88. The second kappa shape index (κ2) is 11.6. The number of halogens is 1. The van der Waals surface area contributed by atoms with Crippen LogP contribution >= 0.6 is 22.9 Å². The van der Waals surface area contributed by atoms with Crippen LogP contribution in [0.15, 0.2) is 78.2 Å². The van der Waals surface area contributed by atoms with Crippen molar-refractivity contribution in [3.05, 3.63) is 94.3 Å². The summed E-state index contributed by atoms with van der Waals surface area (Å²) in [6.45, 7) is 0.386. The van der Waals surface area contributed by atoms with Gasteiger partial charge in [-0.15, -0.1) is 11.3 Å². The van der Waals surface area contributed by atoms with Gasteiger partial charge in [-0.2, -0.15) is 0 Å². The van der Waals surface area contributed by atoms with Crippen LogP contribution in [0.4, 0.5) is 5.13 Å². The Hall–Kier alpha value is -3.81. The molecule has 4 rings (SSSR count). The molecule has 178 valence electrons. The number of hydrogen-bond donors (Lipinski definition) is 1. The van der Waals surface area contributed by atoms with Crippen molar-refractivity contribution >= 4 is 40.1 Å². The number of carbonyl (C=O) groups excluding carboxylic acids is 1. The summed E-state index contributed by atoms with van der Waals surface area (Å²) in [4.78, 5) is 16.9. The molecule has 8 heteroatoms. The number of rotatable bonds is 9. The molecule has 0 saturated heterocycles. The van der Waals surface area contributed by atoms with Crippen molar-refractivity contribution in [3.8, 4) is 28.5 Å². The predicted molar refractivity (Wildman–Crippen MR) is 141 cm³/mol. The zero-order valence-electron chi connectivity index (χ0n) is 19.2. The normalized spacial score (nSPS) is 10.8. The van der Waals surface area contributed by atoms with Gasteiger partial charge >= 0.3 is 0 Å². The molecule has 1 N–H and O–H groups in total. The maximum atomic E-state index is 12.4. The van der Waals surface area contributed by atoms with Crippen molar-refractivity contribution in [2.75, 3.05) is 19.5 Å². The molecule has 0 bridgehead atoms. The molecule has 0 aliphatic carbocycles. The fourth-order valence-electron chi connectivity index (χ4n) is 3.21. The van der Waals surface area contributed by atoms with E-state index in [0.29, 0.717) is 28.3 Å². The van der Waals surface area contributed by atoms with E-state index in [9.17, 15) is 4.79 Å². The predicted octanol–water partition coefficient (Wildman–Crippen LogP) is 6.71. The molecule has 0 unspecified atom stereocenters. The van der Waals surface area contributed by atoms with E-state index in [0.717, 1.165) is 28.1 Å². The Morgan fingerprint density at radius 3 is 2.63 bits per heavy atom. The Kier molecular flexibility index (Phi) is 8.03. The zero-order valence-corrected chi connectivity index (χ0v) is 20.7. The fourth-order valence-corrected chi connectivity index (χ4v) is 4.06. The highest BCUT2D eigenvalue weighted by Gasteiger charge is 2.09. The molecular formula is C27H23ClN2O4S. The van der Waals surface area contributed by atoms with Gasteiger partial charge in [-0.25, -0.2) is 4.98 Å². The number of aromatic nitrogens is 1. The van der Waals surface area contributed by atoms with E-state index in [4.69, 9.17) is 25.8 Å². The monoisotopic (exact) mass is 506 g/mol. The number of nitrogens with one attached hydrogen (secondary N) is 1. The first kappa shape index (κ1) is 24.3. The standard InChI is InChI=1S/C27H23ClN2O4S/c1-32-22-5-3-4-20(15-22)23-17-35-27(29-23)30-26(31)13-9-18-8-12-24(25(14-18)33-2)34-16-19-6-10-21(28)11-7-19/h3-15,17H,16H2,1-2H3,(H,29,30,31). The van der Waals surface area contributed by atoms with Crippen LogP contribution in [0.1, 0.15) is 11.1 Å². The first-order valence-corrected chi connectivity index (χ1v) is 11.9. The average Bonchev–Trinajstić information content (AvgIpc) is 3.35. The largest absolute Gasteiger partial charge is 0.497 e. The van der Waals surface area contributed by atoms with Gasteiger partial charge in [0.1, 0.15) is 12.4 Å². The van der Waals surface area contributed by atoms with Gasteiger partial charge in [0.05, 0.1) is 19.9 Å². The summed E-state index contributed by atoms with van der Waals surface area (Å²) < 4.78 is 16.6. The summed E-state index contributed by atoms with van der Waals surface area (Å²) in [6.07, 6.45) is 3.16. The van der Waals surface area contributed by atoms with Crippen molar-refractivity contribution in [2.45, 2.75) is 6.61 Å². The third-order valence-electron chi connectivity index (χ3n) is 5.02. The second-order valence-corrected chi connectivity index (χ2v) is 8.71. The molecule has 3 aromatic carbocycles. The summed E-state index contributed by atoms with van der Waals surface area (Å²) in [5.74, 6) is 1.65. The molecule has 1 heterocycles. The lowest BCUT2D eigenvalue weighted by Gasteiger charge is -2.11. The number of nitrogens with zero attached hydrogens (tertiary/aromatic N) is 1. The summed E-state index contributed by atoms with van der Waals surface area (Å²) in [7, 11) is 3.20. The van der Waals surface area contributed by atoms with Crippen LogP contribution in [0.3, 0.4) is 0 Å². The van der Waals surface area contributed by atoms with Gasteiger partial charge in [-0.05, 0) is 53.6 Å². The van der Waals surface area contributed by atoms with E-state index >= 15 is 0 Å². The number of ether oxygens (including phenoxy) is 3. The van der Waals surface area contributed by atoms with Gasteiger partial charge in [-0.1, -0.05) is 41.9 Å². The number of methoxy groups -OCH3 is 2. The van der Waals surface area contributed by atoms with Gasteiger partial charge < -0.3 is 14.2 Å². The van der Waals surface area contributed by atoms with Gasteiger partial charge in [0.15, 0.2) is 16.6 Å². The summed E-state index contributed by atoms with van der Waals surface area (Å²) >= 11 is 7.28. The molecule has 0 fully saturated rings. The molecule has 0 spiro atoms. The smallest absolute Gasteiger partial charge is 0.250 e. The molecule has 0 radical (unpaired) electrons. The maximum absolute atomic E-state index is 12.4. The number of carbonyl (C=O) groups is 1. The van der Waals surface area contributed by atoms with E-state index in [-0.39, 0.29) is 5.91 Å². The Bertz CT molecular complexity index is 1340. The van der Waals surface area contributed by atoms with Crippen molar-refractivity contribution in [1.29, 1.82) is 0 Å². The lowest BCUT2D eigenvalue weighted by molar-refractivity contribution is -0.111. The van der Waals surface area contributed by atoms with Crippen LogP contribution < -0.4 is 19.5 Å². The summed E-state index contributed by atoms with van der Waals surface area (Å²) in [6, 6.07) is 20.6. The molecule has 1 amide bonds. The third-order valence-corrected chi connectivity index (χ3v) is 6.03. The minimum Gasteiger partial charge on any atom is -0.497 e. The van der Waals surface area contributed by atoms with Gasteiger partial charge in [0.2, 0.25) is 5.91 Å². The van der Waals surface area contributed by atoms with E-state index in [1.165, 1.54) is 17.4 Å². The fraction of sp³-hybridized carbons (Fsp3) is 0.111. The molecule has 1 aromatic heterocycles. The SMILES string of the molecule is COc1cccc(-c2csc(NC(=O)C=Cc3ccc(OCc4ccc(Cl)cc4)c(OC)c3)n2)c1. The first-order valence-electron chi connectivity index (χ1n) is 10.7. The first-order chi connectivity index (χ1) is 17.0. The topological polar surface area (TPSA) is 69.7 Å². The van der Waals surface area contributed by atoms with E-state index in [1.54, 1.807) is 20.3 Å². The third kappa shape index (κ3) is 6.62. The molecule has 0 saturated carbocycles. The Labute approximate surface area is 212 Å². The molecule has 6 nitrogen and oxygen atoms in total. The number of benzene rings is 3. The molecular weight excluding hydrogens is 484 g/mol. The Morgan fingerprint density at radius 2 is 1.86 bits per heavy atom. The van der Waals surface area contributed by atoms with E-state index in [1.807, 2.05) is 72.1 Å². The van der Waals surface area contributed by atoms with Crippen LogP contribution in [-0.2, 0) is 11.4 Å². The van der Waals surface area contributed by atoms with Crippen LogP contribution in [0, 0.1) is 0 Å². The van der Waals surface area contributed by atoms with Crippen molar-refractivity contribution in [2.24, 2.45) is 0 Å². The maximum Gasteiger partial charge on any atom is 0.250 e. The average molecular weight is 507 g/mol. The molecule has 0 aliphatic heterocycles. The molecule has 35 heavy (non-hydrogen) atoms. The van der Waals surface area contributed by atoms with Gasteiger partial charge in [0, 0.05) is 22.0 Å². The highest BCUT2D eigenvalue weighted by Crippen LogP contribution is 2.30. The minimum atomic E-state index is -0.279. The molecule has 0 aliphatic rings. The van der Waals surface area contributed by atoms with Crippen LogP contribution in [0.5, 0.6) is 17.2 Å². The van der Waals surface area contributed by atoms with Gasteiger partial charge in [0.25, 0.3) is 0 Å². The molecule has 4 aromatic rings. The molecule has 0 atom stereocenters.